The van der Waals surface area contributed by atoms with Crippen molar-refractivity contribution in [1.29, 1.82) is 0 Å². The van der Waals surface area contributed by atoms with Crippen molar-refractivity contribution >= 4 is 23.1 Å². The van der Waals surface area contributed by atoms with Crippen LogP contribution in [0.1, 0.15) is 20.3 Å². The summed E-state index contributed by atoms with van der Waals surface area (Å²) in [6, 6.07) is 7.17. The van der Waals surface area contributed by atoms with E-state index in [-0.39, 0.29) is 23.4 Å². The van der Waals surface area contributed by atoms with Crippen molar-refractivity contribution in [3.63, 3.8) is 0 Å². The zero-order valence-electron chi connectivity index (χ0n) is 20.0. The lowest BCUT2D eigenvalue weighted by Crippen LogP contribution is -2.38. The second kappa shape index (κ2) is 9.61. The van der Waals surface area contributed by atoms with Crippen LogP contribution < -0.4 is 19.9 Å². The summed E-state index contributed by atoms with van der Waals surface area (Å²) >= 11 is 0. The third-order valence-corrected chi connectivity index (χ3v) is 6.40. The average molecular weight is 483 g/mol. The molecule has 0 bridgehead atoms. The van der Waals surface area contributed by atoms with Gasteiger partial charge in [0, 0.05) is 25.3 Å². The number of nitrogens with zero attached hydrogens (tertiary/aromatic N) is 5. The van der Waals surface area contributed by atoms with Crippen LogP contribution in [0, 0.1) is 11.6 Å². The molecule has 35 heavy (non-hydrogen) atoms. The van der Waals surface area contributed by atoms with Gasteiger partial charge in [-0.2, -0.15) is 0 Å². The van der Waals surface area contributed by atoms with Crippen LogP contribution in [0.2, 0.25) is 0 Å². The lowest BCUT2D eigenvalue weighted by molar-refractivity contribution is 0.193. The van der Waals surface area contributed by atoms with Gasteiger partial charge in [-0.3, -0.25) is 0 Å². The summed E-state index contributed by atoms with van der Waals surface area (Å²) in [4.78, 5) is 17.0. The van der Waals surface area contributed by atoms with Gasteiger partial charge in [0.15, 0.2) is 17.4 Å². The number of hydrogen-bond donors (Lipinski definition) is 1. The fourth-order valence-electron chi connectivity index (χ4n) is 4.43. The van der Waals surface area contributed by atoms with Crippen molar-refractivity contribution in [2.24, 2.45) is 0 Å². The summed E-state index contributed by atoms with van der Waals surface area (Å²) in [5, 5.41) is 3.01. The number of anilines is 4. The molecule has 0 saturated carbocycles. The van der Waals surface area contributed by atoms with Crippen LogP contribution in [0.4, 0.5) is 31.9 Å². The molecule has 2 aliphatic rings. The number of fused-ring (bicyclic) bond motifs is 1. The van der Waals surface area contributed by atoms with Gasteiger partial charge < -0.3 is 24.6 Å². The van der Waals surface area contributed by atoms with E-state index in [0.717, 1.165) is 24.9 Å². The number of benzene rings is 1. The molecule has 3 aromatic rings. The van der Waals surface area contributed by atoms with Crippen LogP contribution in [-0.4, -0.2) is 60.4 Å². The Morgan fingerprint density at radius 1 is 1.11 bits per heavy atom. The number of halogens is 2. The molecule has 0 amide bonds. The highest BCUT2D eigenvalue weighted by Crippen LogP contribution is 2.39. The van der Waals surface area contributed by atoms with E-state index < -0.39 is 11.6 Å². The maximum Gasteiger partial charge on any atom is 0.229 e. The predicted octanol–water partition coefficient (Wildman–Crippen LogP) is 4.39. The first-order valence-corrected chi connectivity index (χ1v) is 11.7. The SMILES string of the molecule is CC(C)N1CCOc2c(F)cc(-c3nc(Nc4ccc(N(C)C5CCOC5)cn4)ncc3F)cc21. The van der Waals surface area contributed by atoms with Crippen molar-refractivity contribution < 1.29 is 18.3 Å². The highest BCUT2D eigenvalue weighted by molar-refractivity contribution is 5.73. The van der Waals surface area contributed by atoms with E-state index in [1.807, 2.05) is 37.9 Å². The van der Waals surface area contributed by atoms with Gasteiger partial charge in [0.25, 0.3) is 0 Å². The number of rotatable bonds is 6. The van der Waals surface area contributed by atoms with Crippen LogP contribution in [-0.2, 0) is 4.74 Å². The molecule has 0 spiro atoms. The molecular formula is C25H28F2N6O2. The lowest BCUT2D eigenvalue weighted by atomic mass is 10.1. The topological polar surface area (TPSA) is 75.6 Å². The van der Waals surface area contributed by atoms with Gasteiger partial charge in [-0.1, -0.05) is 0 Å². The molecule has 0 aliphatic carbocycles. The smallest absolute Gasteiger partial charge is 0.229 e. The fourth-order valence-corrected chi connectivity index (χ4v) is 4.43. The molecule has 1 atom stereocenters. The van der Waals surface area contributed by atoms with E-state index in [4.69, 9.17) is 9.47 Å². The molecule has 4 heterocycles. The number of nitrogens with one attached hydrogen (secondary N) is 1. The van der Waals surface area contributed by atoms with Gasteiger partial charge >= 0.3 is 0 Å². The van der Waals surface area contributed by atoms with Gasteiger partial charge in [-0.05, 0) is 44.5 Å². The van der Waals surface area contributed by atoms with Gasteiger partial charge in [0.05, 0.1) is 43.0 Å². The van der Waals surface area contributed by atoms with Crippen molar-refractivity contribution in [2.45, 2.75) is 32.4 Å². The third-order valence-electron chi connectivity index (χ3n) is 6.40. The highest BCUT2D eigenvalue weighted by atomic mass is 19.1. The Labute approximate surface area is 202 Å². The summed E-state index contributed by atoms with van der Waals surface area (Å²) in [5.74, 6) is -0.344. The van der Waals surface area contributed by atoms with Crippen LogP contribution in [0.3, 0.4) is 0 Å². The maximum absolute atomic E-state index is 14.9. The molecule has 1 saturated heterocycles. The molecule has 1 aromatic carbocycles. The minimum Gasteiger partial charge on any atom is -0.486 e. The largest absolute Gasteiger partial charge is 0.486 e. The first-order valence-electron chi connectivity index (χ1n) is 11.7. The van der Waals surface area contributed by atoms with E-state index >= 15 is 0 Å². The normalized spacial score (nSPS) is 17.3. The maximum atomic E-state index is 14.9. The van der Waals surface area contributed by atoms with Crippen molar-refractivity contribution in [3.8, 4) is 17.0 Å². The van der Waals surface area contributed by atoms with Crippen molar-refractivity contribution in [3.05, 3.63) is 48.3 Å². The summed E-state index contributed by atoms with van der Waals surface area (Å²) in [7, 11) is 2.02. The number of likely N-dealkylation sites (N-methyl/N-ethyl adjacent to an activating group) is 1. The molecular weight excluding hydrogens is 454 g/mol. The zero-order valence-corrected chi connectivity index (χ0v) is 20.0. The summed E-state index contributed by atoms with van der Waals surface area (Å²) in [6.07, 6.45) is 3.80. The van der Waals surface area contributed by atoms with Crippen LogP contribution in [0.25, 0.3) is 11.3 Å². The molecule has 10 heteroatoms. The van der Waals surface area contributed by atoms with Crippen LogP contribution in [0.5, 0.6) is 5.75 Å². The predicted molar refractivity (Wildman–Crippen MR) is 131 cm³/mol. The summed E-state index contributed by atoms with van der Waals surface area (Å²) in [6.45, 7) is 6.52. The Morgan fingerprint density at radius 3 is 2.69 bits per heavy atom. The summed E-state index contributed by atoms with van der Waals surface area (Å²) in [5.41, 5.74) is 1.86. The zero-order chi connectivity index (χ0) is 24.5. The van der Waals surface area contributed by atoms with E-state index in [9.17, 15) is 8.78 Å². The second-order valence-electron chi connectivity index (χ2n) is 8.99. The Balaban J connectivity index is 1.40. The number of pyridine rings is 1. The fraction of sp³-hybridized carbons (Fsp3) is 0.400. The minimum absolute atomic E-state index is 0.00364. The molecule has 0 radical (unpaired) electrons. The molecule has 2 aromatic heterocycles. The monoisotopic (exact) mass is 482 g/mol. The Morgan fingerprint density at radius 2 is 1.97 bits per heavy atom. The standard InChI is InChI=1S/C25H28F2N6O2/c1-15(2)33-7-9-35-24-19(26)10-16(11-21(24)33)23-20(27)13-29-25(31-23)30-22-5-4-17(12-28-22)32(3)18-6-8-34-14-18/h4-5,10-13,15,18H,6-9,14H2,1-3H3,(H,28,29,30,31). The highest BCUT2D eigenvalue weighted by Gasteiger charge is 2.26. The summed E-state index contributed by atoms with van der Waals surface area (Å²) < 4.78 is 40.6. The molecule has 5 rings (SSSR count). The van der Waals surface area contributed by atoms with E-state index in [1.165, 1.54) is 6.07 Å². The number of hydrogen-bond acceptors (Lipinski definition) is 8. The lowest BCUT2D eigenvalue weighted by Gasteiger charge is -2.34. The second-order valence-corrected chi connectivity index (χ2v) is 8.99. The minimum atomic E-state index is -0.647. The molecule has 1 fully saturated rings. The molecule has 1 N–H and O–H groups in total. The average Bonchev–Trinajstić information content (AvgIpc) is 3.40. The first-order chi connectivity index (χ1) is 16.9. The first kappa shape index (κ1) is 23.2. The van der Waals surface area contributed by atoms with Crippen LogP contribution in [0.15, 0.2) is 36.7 Å². The number of aromatic nitrogens is 3. The van der Waals surface area contributed by atoms with E-state index in [2.05, 4.69) is 25.2 Å². The van der Waals surface area contributed by atoms with Gasteiger partial charge in [-0.25, -0.2) is 23.7 Å². The molecule has 2 aliphatic heterocycles. The Kier molecular flexibility index (Phi) is 6.38. The molecule has 184 valence electrons. The molecule has 8 nitrogen and oxygen atoms in total. The Hall–Kier alpha value is -3.53. The van der Waals surface area contributed by atoms with Crippen LogP contribution >= 0.6 is 0 Å². The van der Waals surface area contributed by atoms with Crippen molar-refractivity contribution in [1.82, 2.24) is 15.0 Å². The van der Waals surface area contributed by atoms with Gasteiger partial charge in [0.1, 0.15) is 18.1 Å². The van der Waals surface area contributed by atoms with Gasteiger partial charge in [0.2, 0.25) is 5.95 Å². The third kappa shape index (κ3) is 4.70. The quantitative estimate of drug-likeness (QED) is 0.555. The van der Waals surface area contributed by atoms with Gasteiger partial charge in [-0.15, -0.1) is 0 Å². The number of ether oxygens (including phenoxy) is 2. The molecule has 1 unspecified atom stereocenters. The van der Waals surface area contributed by atoms with E-state index in [0.29, 0.717) is 42.9 Å². The van der Waals surface area contributed by atoms with E-state index in [1.54, 1.807) is 12.3 Å². The Bertz CT molecular complexity index is 1200. The van der Waals surface area contributed by atoms with Crippen molar-refractivity contribution in [2.75, 3.05) is 48.5 Å².